The van der Waals surface area contributed by atoms with Crippen molar-refractivity contribution in [1.29, 1.82) is 0 Å². The van der Waals surface area contributed by atoms with Gasteiger partial charge in [0.15, 0.2) is 0 Å². The summed E-state index contributed by atoms with van der Waals surface area (Å²) in [5.41, 5.74) is 2.75. The summed E-state index contributed by atoms with van der Waals surface area (Å²) < 4.78 is 0. The second kappa shape index (κ2) is 11.9. The van der Waals surface area contributed by atoms with E-state index in [1.807, 2.05) is 48.5 Å². The second-order valence-corrected chi connectivity index (χ2v) is 9.99. The van der Waals surface area contributed by atoms with E-state index in [2.05, 4.69) is 29.2 Å². The molecule has 4 rings (SSSR count). The summed E-state index contributed by atoms with van der Waals surface area (Å²) in [6.45, 7) is 2.81. The number of benzene rings is 3. The molecule has 0 spiro atoms. The third-order valence-corrected chi connectivity index (χ3v) is 7.33. The minimum atomic E-state index is -0.754. The van der Waals surface area contributed by atoms with Gasteiger partial charge in [-0.05, 0) is 85.3 Å². The molecule has 2 nitrogen and oxygen atoms in total. The normalized spacial score (nSPS) is 15.9. The van der Waals surface area contributed by atoms with Gasteiger partial charge in [-0.3, -0.25) is 0 Å². The summed E-state index contributed by atoms with van der Waals surface area (Å²) in [7, 11) is 0. The molecular weight excluding hydrogens is 496 g/mol. The number of rotatable bonds is 7. The predicted molar refractivity (Wildman–Crippen MR) is 142 cm³/mol. The standard InChI is InChI=1S/C27H28Cl3NO.ClH/c28-23-9-3-20(4-10-23)26(21-5-11-24(29)12-6-21)2-1-17-31-18-15-27(32,16-19-31)22-7-13-25(30)14-8-22;/h3-14,26,32H,1-2,15-19H2;1H. The zero-order valence-electron chi connectivity index (χ0n) is 18.4. The zero-order chi connectivity index (χ0) is 22.6. The number of likely N-dealkylation sites (tertiary alicyclic amines) is 1. The molecule has 0 bridgehead atoms. The summed E-state index contributed by atoms with van der Waals surface area (Å²) in [4.78, 5) is 2.46. The molecule has 0 aliphatic carbocycles. The van der Waals surface area contributed by atoms with E-state index < -0.39 is 5.60 Å². The molecule has 3 aromatic rings. The number of aliphatic hydroxyl groups is 1. The van der Waals surface area contributed by atoms with Gasteiger partial charge in [0, 0.05) is 34.1 Å². The summed E-state index contributed by atoms with van der Waals surface area (Å²) >= 11 is 18.2. The molecule has 0 radical (unpaired) electrons. The van der Waals surface area contributed by atoms with Crippen molar-refractivity contribution in [2.24, 2.45) is 0 Å². The maximum absolute atomic E-state index is 11.1. The molecule has 1 N–H and O–H groups in total. The molecule has 0 aromatic heterocycles. The van der Waals surface area contributed by atoms with E-state index in [4.69, 9.17) is 34.8 Å². The first-order chi connectivity index (χ1) is 15.4. The molecule has 0 amide bonds. The molecule has 1 saturated heterocycles. The van der Waals surface area contributed by atoms with E-state index in [1.54, 1.807) is 0 Å². The molecule has 0 unspecified atom stereocenters. The highest BCUT2D eigenvalue weighted by atomic mass is 35.5. The molecule has 33 heavy (non-hydrogen) atoms. The number of nitrogens with zero attached hydrogens (tertiary/aromatic N) is 1. The lowest BCUT2D eigenvalue weighted by atomic mass is 9.84. The van der Waals surface area contributed by atoms with Crippen LogP contribution in [0.5, 0.6) is 0 Å². The van der Waals surface area contributed by atoms with E-state index in [-0.39, 0.29) is 12.4 Å². The van der Waals surface area contributed by atoms with Crippen molar-refractivity contribution in [2.45, 2.75) is 37.2 Å². The minimum absolute atomic E-state index is 0. The third kappa shape index (κ3) is 6.88. The number of halogens is 4. The number of hydrogen-bond donors (Lipinski definition) is 1. The lowest BCUT2D eigenvalue weighted by Crippen LogP contribution is -2.42. The van der Waals surface area contributed by atoms with Crippen LogP contribution >= 0.6 is 47.2 Å². The van der Waals surface area contributed by atoms with Crippen LogP contribution in [0.25, 0.3) is 0 Å². The highest BCUT2D eigenvalue weighted by Crippen LogP contribution is 2.34. The Hall–Kier alpha value is -1.26. The third-order valence-electron chi connectivity index (χ3n) is 6.58. The first-order valence-electron chi connectivity index (χ1n) is 11.1. The van der Waals surface area contributed by atoms with Crippen LogP contribution in [-0.4, -0.2) is 29.6 Å². The molecule has 3 aromatic carbocycles. The molecule has 1 aliphatic rings. The first-order valence-corrected chi connectivity index (χ1v) is 12.3. The van der Waals surface area contributed by atoms with Gasteiger partial charge in [-0.25, -0.2) is 0 Å². The van der Waals surface area contributed by atoms with E-state index in [0.717, 1.165) is 60.9 Å². The maximum atomic E-state index is 11.1. The largest absolute Gasteiger partial charge is 0.385 e. The smallest absolute Gasteiger partial charge is 0.0920 e. The second-order valence-electron chi connectivity index (χ2n) is 8.68. The van der Waals surface area contributed by atoms with Crippen LogP contribution in [0, 0.1) is 0 Å². The number of piperidine rings is 1. The number of hydrogen-bond acceptors (Lipinski definition) is 2. The van der Waals surface area contributed by atoms with Gasteiger partial charge >= 0.3 is 0 Å². The van der Waals surface area contributed by atoms with E-state index in [1.165, 1.54) is 11.1 Å². The van der Waals surface area contributed by atoms with Gasteiger partial charge < -0.3 is 10.0 Å². The Morgan fingerprint density at radius 1 is 0.727 bits per heavy atom. The van der Waals surface area contributed by atoms with E-state index >= 15 is 0 Å². The first kappa shape index (κ1) is 26.3. The van der Waals surface area contributed by atoms with Crippen LogP contribution in [0.15, 0.2) is 72.8 Å². The molecule has 0 atom stereocenters. The highest BCUT2D eigenvalue weighted by Gasteiger charge is 2.33. The van der Waals surface area contributed by atoms with Crippen LogP contribution in [-0.2, 0) is 5.60 Å². The lowest BCUT2D eigenvalue weighted by Gasteiger charge is -2.38. The van der Waals surface area contributed by atoms with Crippen molar-refractivity contribution in [1.82, 2.24) is 4.90 Å². The summed E-state index contributed by atoms with van der Waals surface area (Å²) in [6, 6.07) is 23.9. The Morgan fingerprint density at radius 2 is 1.15 bits per heavy atom. The van der Waals surface area contributed by atoms with E-state index in [9.17, 15) is 5.11 Å². The Labute approximate surface area is 217 Å². The zero-order valence-corrected chi connectivity index (χ0v) is 21.5. The van der Waals surface area contributed by atoms with Crippen LogP contribution in [0.2, 0.25) is 15.1 Å². The Balaban J connectivity index is 0.00000306. The monoisotopic (exact) mass is 523 g/mol. The summed E-state index contributed by atoms with van der Waals surface area (Å²) in [5, 5.41) is 13.3. The SMILES string of the molecule is Cl.OC1(c2ccc(Cl)cc2)CCN(CCCC(c2ccc(Cl)cc2)c2ccc(Cl)cc2)CC1. The van der Waals surface area contributed by atoms with Crippen molar-refractivity contribution >= 4 is 47.2 Å². The Morgan fingerprint density at radius 3 is 1.61 bits per heavy atom. The fraction of sp³-hybridized carbons (Fsp3) is 0.333. The van der Waals surface area contributed by atoms with Gasteiger partial charge in [-0.15, -0.1) is 12.4 Å². The molecule has 1 aliphatic heterocycles. The average molecular weight is 525 g/mol. The highest BCUT2D eigenvalue weighted by molar-refractivity contribution is 6.31. The predicted octanol–water partition coefficient (Wildman–Crippen LogP) is 7.96. The molecular formula is C27H29Cl4NO. The van der Waals surface area contributed by atoms with Crippen molar-refractivity contribution < 1.29 is 5.11 Å². The van der Waals surface area contributed by atoms with Gasteiger partial charge in [0.05, 0.1) is 5.60 Å². The van der Waals surface area contributed by atoms with Crippen LogP contribution in [0.4, 0.5) is 0 Å². The molecule has 1 fully saturated rings. The minimum Gasteiger partial charge on any atom is -0.385 e. The van der Waals surface area contributed by atoms with Crippen molar-refractivity contribution in [3.63, 3.8) is 0 Å². The topological polar surface area (TPSA) is 23.5 Å². The van der Waals surface area contributed by atoms with Gasteiger partial charge in [0.1, 0.15) is 0 Å². The molecule has 1 heterocycles. The van der Waals surface area contributed by atoms with Gasteiger partial charge in [0.25, 0.3) is 0 Å². The lowest BCUT2D eigenvalue weighted by molar-refractivity contribution is -0.0261. The summed E-state index contributed by atoms with van der Waals surface area (Å²) in [6.07, 6.45) is 3.61. The fourth-order valence-corrected chi connectivity index (χ4v) is 5.01. The fourth-order valence-electron chi connectivity index (χ4n) is 4.63. The Bertz CT molecular complexity index is 952. The average Bonchev–Trinajstić information content (AvgIpc) is 2.80. The van der Waals surface area contributed by atoms with Crippen molar-refractivity contribution in [3.05, 3.63) is 105 Å². The van der Waals surface area contributed by atoms with Crippen LogP contribution in [0.3, 0.4) is 0 Å². The molecule has 176 valence electrons. The molecule has 6 heteroatoms. The van der Waals surface area contributed by atoms with Gasteiger partial charge in [-0.2, -0.15) is 0 Å². The van der Waals surface area contributed by atoms with Crippen LogP contribution in [0.1, 0.15) is 48.3 Å². The van der Waals surface area contributed by atoms with Gasteiger partial charge in [-0.1, -0.05) is 71.2 Å². The van der Waals surface area contributed by atoms with Gasteiger partial charge in [0.2, 0.25) is 0 Å². The van der Waals surface area contributed by atoms with E-state index in [0.29, 0.717) is 10.9 Å². The Kier molecular flexibility index (Phi) is 9.52. The van der Waals surface area contributed by atoms with Crippen molar-refractivity contribution in [2.75, 3.05) is 19.6 Å². The summed E-state index contributed by atoms with van der Waals surface area (Å²) in [5.74, 6) is 0.306. The van der Waals surface area contributed by atoms with Crippen LogP contribution < -0.4 is 0 Å². The molecule has 0 saturated carbocycles. The maximum Gasteiger partial charge on any atom is 0.0920 e. The van der Waals surface area contributed by atoms with Crippen molar-refractivity contribution in [3.8, 4) is 0 Å². The quantitative estimate of drug-likeness (QED) is 0.338.